The van der Waals surface area contributed by atoms with Crippen LogP contribution >= 0.6 is 0 Å². The lowest BCUT2D eigenvalue weighted by molar-refractivity contribution is -0.141. The molecule has 3 N–H and O–H groups in total. The van der Waals surface area contributed by atoms with Crippen LogP contribution in [0.2, 0.25) is 0 Å². The monoisotopic (exact) mass is 340 g/mol. The molecule has 3 heterocycles. The number of aromatic hydroxyl groups is 1. The summed E-state index contributed by atoms with van der Waals surface area (Å²) in [6.45, 7) is 0. The van der Waals surface area contributed by atoms with Gasteiger partial charge in [0.2, 0.25) is 11.8 Å². The maximum Gasteiger partial charge on any atom is 0.433 e. The first kappa shape index (κ1) is 15.6. The molecule has 2 amide bonds. The molecule has 124 valence electrons. The van der Waals surface area contributed by atoms with E-state index in [0.29, 0.717) is 6.07 Å². The molecule has 11 heteroatoms. The number of fused-ring (bicyclic) bond motifs is 1. The van der Waals surface area contributed by atoms with Crippen molar-refractivity contribution in [1.82, 2.24) is 20.3 Å². The van der Waals surface area contributed by atoms with Crippen LogP contribution in [-0.2, 0) is 11.0 Å². The number of carbonyl (C=O) groups excluding carboxylic acids is 2. The van der Waals surface area contributed by atoms with Crippen LogP contribution in [0.25, 0.3) is 0 Å². The van der Waals surface area contributed by atoms with Crippen LogP contribution in [0.4, 0.5) is 13.2 Å². The summed E-state index contributed by atoms with van der Waals surface area (Å²) in [7, 11) is 0. The Labute approximate surface area is 130 Å². The van der Waals surface area contributed by atoms with Gasteiger partial charge in [0.05, 0.1) is 6.07 Å². The Bertz CT molecular complexity index is 922. The second kappa shape index (κ2) is 5.15. The molecule has 0 radical (unpaired) electrons. The van der Waals surface area contributed by atoms with E-state index in [1.807, 2.05) is 5.32 Å². The fourth-order valence-corrected chi connectivity index (χ4v) is 2.31. The summed E-state index contributed by atoms with van der Waals surface area (Å²) in [6.07, 6.45) is -4.05. The topological polar surface area (TPSA) is 125 Å². The minimum atomic E-state index is -4.77. The Balaban J connectivity index is 2.20. The number of nitrogens with zero attached hydrogens (tertiary/aromatic N) is 2. The lowest BCUT2D eigenvalue weighted by Crippen LogP contribution is -2.42. The summed E-state index contributed by atoms with van der Waals surface area (Å²) < 4.78 is 38.2. The number of rotatable bonds is 1. The first-order chi connectivity index (χ1) is 11.2. The van der Waals surface area contributed by atoms with Gasteiger partial charge in [-0.15, -0.1) is 0 Å². The van der Waals surface area contributed by atoms with Crippen molar-refractivity contribution in [3.05, 3.63) is 51.3 Å². The molecule has 1 unspecified atom stereocenters. The molecule has 0 bridgehead atoms. The molecule has 0 aromatic carbocycles. The zero-order chi connectivity index (χ0) is 17.6. The first-order valence-corrected chi connectivity index (χ1v) is 6.39. The lowest BCUT2D eigenvalue weighted by atomic mass is 9.90. The number of alkyl halides is 3. The standard InChI is InChI=1S/C13H7F3N4O4/c14-13(15,16)6-1-4-5(3-17-6)9(12(24)20-11(4)23)10-18-7(21)2-8(22)19-10/h1-3,9H,(H,20,23,24)(H2,18,19,21,22). The number of amides is 2. The molecule has 2 aromatic heterocycles. The highest BCUT2D eigenvalue weighted by Gasteiger charge is 2.39. The summed E-state index contributed by atoms with van der Waals surface area (Å²) >= 11 is 0. The SMILES string of the molecule is O=C1NC(=O)C(c2nc(O)cc(=O)[nH]2)c2cnc(C(F)(F)F)cc21. The third-order valence-corrected chi connectivity index (χ3v) is 3.30. The van der Waals surface area contributed by atoms with Crippen LogP contribution in [0, 0.1) is 0 Å². The quantitative estimate of drug-likeness (QED) is 0.641. The Morgan fingerprint density at radius 1 is 1.17 bits per heavy atom. The zero-order valence-electron chi connectivity index (χ0n) is 11.5. The first-order valence-electron chi connectivity index (χ1n) is 6.39. The Morgan fingerprint density at radius 3 is 2.50 bits per heavy atom. The summed E-state index contributed by atoms with van der Waals surface area (Å²) in [6, 6.07) is 1.26. The van der Waals surface area contributed by atoms with Gasteiger partial charge >= 0.3 is 6.18 Å². The third kappa shape index (κ3) is 2.59. The van der Waals surface area contributed by atoms with Crippen molar-refractivity contribution < 1.29 is 27.9 Å². The predicted octanol–water partition coefficient (Wildman–Crippen LogP) is 0.291. The highest BCUT2D eigenvalue weighted by atomic mass is 19.4. The van der Waals surface area contributed by atoms with E-state index in [4.69, 9.17) is 0 Å². The van der Waals surface area contributed by atoms with Gasteiger partial charge in [-0.25, -0.2) is 0 Å². The van der Waals surface area contributed by atoms with Gasteiger partial charge in [-0.05, 0) is 6.07 Å². The van der Waals surface area contributed by atoms with Crippen LogP contribution in [0.1, 0.15) is 33.4 Å². The second-order valence-electron chi connectivity index (χ2n) is 4.89. The van der Waals surface area contributed by atoms with Crippen LogP contribution in [0.3, 0.4) is 0 Å². The molecule has 8 nitrogen and oxygen atoms in total. The average molecular weight is 340 g/mol. The average Bonchev–Trinajstić information content (AvgIpc) is 2.44. The summed E-state index contributed by atoms with van der Waals surface area (Å²) in [5.74, 6) is -4.34. The van der Waals surface area contributed by atoms with Crippen LogP contribution in [-0.4, -0.2) is 31.9 Å². The summed E-state index contributed by atoms with van der Waals surface area (Å²) in [5, 5.41) is 11.3. The molecule has 2 aromatic rings. The van der Waals surface area contributed by atoms with Crippen molar-refractivity contribution in [2.24, 2.45) is 0 Å². The van der Waals surface area contributed by atoms with Crippen molar-refractivity contribution in [3.63, 3.8) is 0 Å². The molecule has 3 rings (SSSR count). The van der Waals surface area contributed by atoms with Crippen molar-refractivity contribution in [2.75, 3.05) is 0 Å². The van der Waals surface area contributed by atoms with E-state index in [1.165, 1.54) is 0 Å². The Morgan fingerprint density at radius 2 is 1.88 bits per heavy atom. The van der Waals surface area contributed by atoms with Gasteiger partial charge in [0.15, 0.2) is 0 Å². The molecule has 0 saturated heterocycles. The molecule has 0 fully saturated rings. The van der Waals surface area contributed by atoms with E-state index in [1.54, 1.807) is 0 Å². The molecule has 1 aliphatic heterocycles. The van der Waals surface area contributed by atoms with Crippen LogP contribution < -0.4 is 10.9 Å². The van der Waals surface area contributed by atoms with Crippen LogP contribution in [0.15, 0.2) is 23.1 Å². The number of halogens is 3. The van der Waals surface area contributed by atoms with Gasteiger partial charge < -0.3 is 10.1 Å². The Hall–Kier alpha value is -3.24. The van der Waals surface area contributed by atoms with E-state index >= 15 is 0 Å². The number of imide groups is 1. The maximum absolute atomic E-state index is 12.7. The number of pyridine rings is 1. The highest BCUT2D eigenvalue weighted by molar-refractivity contribution is 6.12. The molecule has 0 aliphatic carbocycles. The lowest BCUT2D eigenvalue weighted by Gasteiger charge is -2.23. The van der Waals surface area contributed by atoms with Crippen molar-refractivity contribution in [3.8, 4) is 5.88 Å². The second-order valence-corrected chi connectivity index (χ2v) is 4.89. The number of carbonyl (C=O) groups is 2. The molecule has 1 atom stereocenters. The molecule has 0 spiro atoms. The summed E-state index contributed by atoms with van der Waals surface area (Å²) in [5.41, 5.74) is -2.66. The minimum absolute atomic E-state index is 0.162. The van der Waals surface area contributed by atoms with E-state index in [-0.39, 0.29) is 11.4 Å². The minimum Gasteiger partial charge on any atom is -0.493 e. The predicted molar refractivity (Wildman–Crippen MR) is 70.1 cm³/mol. The van der Waals surface area contributed by atoms with Crippen LogP contribution in [0.5, 0.6) is 5.88 Å². The summed E-state index contributed by atoms with van der Waals surface area (Å²) in [4.78, 5) is 44.3. The van der Waals surface area contributed by atoms with Crippen molar-refractivity contribution in [1.29, 1.82) is 0 Å². The van der Waals surface area contributed by atoms with E-state index in [2.05, 4.69) is 15.0 Å². The van der Waals surface area contributed by atoms with Crippen molar-refractivity contribution in [2.45, 2.75) is 12.1 Å². The third-order valence-electron chi connectivity index (χ3n) is 3.30. The number of nitrogens with one attached hydrogen (secondary N) is 2. The Kier molecular flexibility index (Phi) is 3.36. The van der Waals surface area contributed by atoms with Gasteiger partial charge in [0.1, 0.15) is 17.4 Å². The fourth-order valence-electron chi connectivity index (χ4n) is 2.31. The van der Waals surface area contributed by atoms with Crippen molar-refractivity contribution >= 4 is 11.8 Å². The van der Waals surface area contributed by atoms with Gasteiger partial charge in [-0.3, -0.25) is 24.7 Å². The largest absolute Gasteiger partial charge is 0.493 e. The maximum atomic E-state index is 12.7. The number of aromatic nitrogens is 3. The van der Waals surface area contributed by atoms with E-state index in [0.717, 1.165) is 12.3 Å². The molecule has 0 saturated carbocycles. The number of H-pyrrole nitrogens is 1. The van der Waals surface area contributed by atoms with Gasteiger partial charge in [0.25, 0.3) is 11.5 Å². The van der Waals surface area contributed by atoms with Gasteiger partial charge in [-0.1, -0.05) is 0 Å². The smallest absolute Gasteiger partial charge is 0.433 e. The zero-order valence-corrected chi connectivity index (χ0v) is 11.5. The van der Waals surface area contributed by atoms with Gasteiger partial charge in [-0.2, -0.15) is 18.2 Å². The molecular formula is C13H7F3N4O4. The highest BCUT2D eigenvalue weighted by Crippen LogP contribution is 2.33. The molecule has 24 heavy (non-hydrogen) atoms. The van der Waals surface area contributed by atoms with Gasteiger partial charge in [0, 0.05) is 17.3 Å². The van der Waals surface area contributed by atoms with E-state index < -0.39 is 46.6 Å². The number of hydrogen-bond donors (Lipinski definition) is 3. The number of hydrogen-bond acceptors (Lipinski definition) is 6. The number of aromatic amines is 1. The molecular weight excluding hydrogens is 333 g/mol. The normalized spacial score (nSPS) is 17.4. The molecule has 1 aliphatic rings. The van der Waals surface area contributed by atoms with E-state index in [9.17, 15) is 32.7 Å². The fraction of sp³-hybridized carbons (Fsp3) is 0.154.